The molecule has 1 aromatic rings. The first-order chi connectivity index (χ1) is 8.25. The Balaban J connectivity index is 0.00000162. The monoisotopic (exact) mass is 272 g/mol. The van der Waals surface area contributed by atoms with Crippen LogP contribution < -0.4 is 5.73 Å². The summed E-state index contributed by atoms with van der Waals surface area (Å²) in [6.07, 6.45) is 4.84. The van der Waals surface area contributed by atoms with Crippen LogP contribution in [0.5, 0.6) is 0 Å². The van der Waals surface area contributed by atoms with Crippen LogP contribution >= 0.6 is 12.4 Å². The molecule has 1 fully saturated rings. The first-order valence-electron chi connectivity index (χ1n) is 5.72. The second-order valence-electron chi connectivity index (χ2n) is 4.09. The molecule has 0 saturated carbocycles. The van der Waals surface area contributed by atoms with Gasteiger partial charge in [-0.05, 0) is 30.5 Å². The van der Waals surface area contributed by atoms with Gasteiger partial charge in [0.1, 0.15) is 6.10 Å². The summed E-state index contributed by atoms with van der Waals surface area (Å²) in [7, 11) is 0. The molecule has 100 valence electrons. The molecule has 1 unspecified atom stereocenters. The van der Waals surface area contributed by atoms with Crippen molar-refractivity contribution in [3.63, 3.8) is 0 Å². The molecule has 0 radical (unpaired) electrons. The quantitative estimate of drug-likeness (QED) is 0.905. The van der Waals surface area contributed by atoms with Gasteiger partial charge in [0, 0.05) is 25.4 Å². The van der Waals surface area contributed by atoms with Gasteiger partial charge in [0.2, 0.25) is 0 Å². The Kier molecular flexibility index (Phi) is 5.88. The van der Waals surface area contributed by atoms with Crippen LogP contribution in [-0.4, -0.2) is 29.9 Å². The van der Waals surface area contributed by atoms with Gasteiger partial charge in [-0.1, -0.05) is 0 Å². The number of carbonyl (C=O) groups excluding carboxylic acids is 1. The fraction of sp³-hybridized carbons (Fsp3) is 0.500. The zero-order chi connectivity index (χ0) is 12.1. The van der Waals surface area contributed by atoms with E-state index < -0.39 is 6.09 Å². The lowest BCUT2D eigenvalue weighted by molar-refractivity contribution is -0.00994. The average molecular weight is 273 g/mol. The predicted octanol–water partition coefficient (Wildman–Crippen LogP) is 1.69. The summed E-state index contributed by atoms with van der Waals surface area (Å²) in [6.45, 7) is 0.722. The van der Waals surface area contributed by atoms with Crippen LogP contribution in [0.1, 0.15) is 18.4 Å². The molecule has 2 atom stereocenters. The third-order valence-electron chi connectivity index (χ3n) is 2.83. The van der Waals surface area contributed by atoms with E-state index in [9.17, 15) is 4.79 Å². The zero-order valence-corrected chi connectivity index (χ0v) is 10.8. The third-order valence-corrected chi connectivity index (χ3v) is 2.83. The van der Waals surface area contributed by atoms with Gasteiger partial charge in [0.25, 0.3) is 0 Å². The molecular formula is C12H17ClN2O3. The maximum Gasteiger partial charge on any atom is 0.404 e. The van der Waals surface area contributed by atoms with Crippen LogP contribution in [-0.2, 0) is 15.9 Å². The van der Waals surface area contributed by atoms with E-state index in [-0.39, 0.29) is 24.6 Å². The SMILES string of the molecule is Cl.NC(=O)OC(Cc1ccncc1)[C@@H]1CCCO1. The Hall–Kier alpha value is -1.33. The lowest BCUT2D eigenvalue weighted by Crippen LogP contribution is -2.34. The van der Waals surface area contributed by atoms with Crippen molar-refractivity contribution in [3.8, 4) is 0 Å². The van der Waals surface area contributed by atoms with Gasteiger partial charge in [-0.3, -0.25) is 4.98 Å². The van der Waals surface area contributed by atoms with Crippen LogP contribution in [0.25, 0.3) is 0 Å². The number of carbonyl (C=O) groups is 1. The van der Waals surface area contributed by atoms with E-state index in [0.29, 0.717) is 6.42 Å². The fourth-order valence-corrected chi connectivity index (χ4v) is 2.05. The second kappa shape index (κ2) is 7.18. The molecule has 1 saturated heterocycles. The highest BCUT2D eigenvalue weighted by atomic mass is 35.5. The van der Waals surface area contributed by atoms with Gasteiger partial charge >= 0.3 is 6.09 Å². The molecule has 6 heteroatoms. The Morgan fingerprint density at radius 1 is 1.56 bits per heavy atom. The minimum atomic E-state index is -0.750. The number of primary amides is 1. The van der Waals surface area contributed by atoms with Crippen molar-refractivity contribution >= 4 is 18.5 Å². The molecular weight excluding hydrogens is 256 g/mol. The Labute approximate surface area is 112 Å². The number of halogens is 1. The van der Waals surface area contributed by atoms with Crippen molar-refractivity contribution in [1.82, 2.24) is 4.98 Å². The largest absolute Gasteiger partial charge is 0.443 e. The average Bonchev–Trinajstić information content (AvgIpc) is 2.82. The van der Waals surface area contributed by atoms with E-state index in [1.54, 1.807) is 12.4 Å². The van der Waals surface area contributed by atoms with Gasteiger partial charge in [-0.2, -0.15) is 0 Å². The van der Waals surface area contributed by atoms with E-state index in [4.69, 9.17) is 15.2 Å². The van der Waals surface area contributed by atoms with Gasteiger partial charge in [-0.25, -0.2) is 4.79 Å². The number of amides is 1. The highest BCUT2D eigenvalue weighted by molar-refractivity contribution is 5.85. The summed E-state index contributed by atoms with van der Waals surface area (Å²) >= 11 is 0. The van der Waals surface area contributed by atoms with Crippen LogP contribution in [0.2, 0.25) is 0 Å². The standard InChI is InChI=1S/C12H16N2O3.ClH/c13-12(15)17-11(10-2-1-7-16-10)8-9-3-5-14-6-4-9;/h3-6,10-11H,1-2,7-8H2,(H2,13,15);1H/t10-,11?;/m0./s1. The minimum Gasteiger partial charge on any atom is -0.443 e. The molecule has 0 aliphatic carbocycles. The first-order valence-corrected chi connectivity index (χ1v) is 5.72. The van der Waals surface area contributed by atoms with E-state index in [0.717, 1.165) is 25.0 Å². The summed E-state index contributed by atoms with van der Waals surface area (Å²) in [6, 6.07) is 3.79. The summed E-state index contributed by atoms with van der Waals surface area (Å²) in [4.78, 5) is 14.8. The molecule has 0 aromatic carbocycles. The maximum absolute atomic E-state index is 10.9. The van der Waals surface area contributed by atoms with E-state index in [1.165, 1.54) is 0 Å². The summed E-state index contributed by atoms with van der Waals surface area (Å²) in [5.41, 5.74) is 6.14. The summed E-state index contributed by atoms with van der Waals surface area (Å²) in [5.74, 6) is 0. The molecule has 18 heavy (non-hydrogen) atoms. The molecule has 1 amide bonds. The predicted molar refractivity (Wildman–Crippen MR) is 68.6 cm³/mol. The molecule has 0 bridgehead atoms. The number of nitrogens with zero attached hydrogens (tertiary/aromatic N) is 1. The summed E-state index contributed by atoms with van der Waals surface area (Å²) < 4.78 is 10.7. The van der Waals surface area contributed by atoms with Crippen molar-refractivity contribution in [3.05, 3.63) is 30.1 Å². The Morgan fingerprint density at radius 2 is 2.28 bits per heavy atom. The molecule has 1 aliphatic rings. The van der Waals surface area contributed by atoms with Gasteiger partial charge in [0.05, 0.1) is 6.10 Å². The van der Waals surface area contributed by atoms with E-state index in [2.05, 4.69) is 4.98 Å². The topological polar surface area (TPSA) is 74.4 Å². The fourth-order valence-electron chi connectivity index (χ4n) is 2.05. The highest BCUT2D eigenvalue weighted by Crippen LogP contribution is 2.20. The Morgan fingerprint density at radius 3 is 2.83 bits per heavy atom. The van der Waals surface area contributed by atoms with Gasteiger partial charge < -0.3 is 15.2 Å². The number of rotatable bonds is 4. The Bertz CT molecular complexity index is 369. The van der Waals surface area contributed by atoms with Crippen molar-refractivity contribution in [2.75, 3.05) is 6.61 Å². The number of aromatic nitrogens is 1. The van der Waals surface area contributed by atoms with Crippen molar-refractivity contribution < 1.29 is 14.3 Å². The number of pyridine rings is 1. The van der Waals surface area contributed by atoms with Crippen LogP contribution in [0.3, 0.4) is 0 Å². The van der Waals surface area contributed by atoms with Crippen molar-refractivity contribution in [2.24, 2.45) is 5.73 Å². The number of ether oxygens (including phenoxy) is 2. The summed E-state index contributed by atoms with van der Waals surface area (Å²) in [5, 5.41) is 0. The van der Waals surface area contributed by atoms with Gasteiger partial charge in [0.15, 0.2) is 0 Å². The maximum atomic E-state index is 10.9. The molecule has 0 spiro atoms. The molecule has 1 aliphatic heterocycles. The van der Waals surface area contributed by atoms with Crippen LogP contribution in [0.4, 0.5) is 4.79 Å². The van der Waals surface area contributed by atoms with Crippen molar-refractivity contribution in [1.29, 1.82) is 0 Å². The zero-order valence-electron chi connectivity index (χ0n) is 9.95. The molecule has 5 nitrogen and oxygen atoms in total. The number of hydrogen-bond donors (Lipinski definition) is 1. The molecule has 2 heterocycles. The first kappa shape index (κ1) is 14.7. The molecule has 1 aromatic heterocycles. The molecule has 2 rings (SSSR count). The normalized spacial score (nSPS) is 19.9. The number of hydrogen-bond acceptors (Lipinski definition) is 4. The minimum absolute atomic E-state index is 0. The third kappa shape index (κ3) is 4.16. The lowest BCUT2D eigenvalue weighted by atomic mass is 10.0. The van der Waals surface area contributed by atoms with E-state index in [1.807, 2.05) is 12.1 Å². The highest BCUT2D eigenvalue weighted by Gasteiger charge is 2.28. The second-order valence-corrected chi connectivity index (χ2v) is 4.09. The lowest BCUT2D eigenvalue weighted by Gasteiger charge is -2.22. The van der Waals surface area contributed by atoms with Crippen LogP contribution in [0, 0.1) is 0 Å². The molecule has 2 N–H and O–H groups in total. The van der Waals surface area contributed by atoms with Crippen molar-refractivity contribution in [2.45, 2.75) is 31.5 Å². The smallest absolute Gasteiger partial charge is 0.404 e. The van der Waals surface area contributed by atoms with Gasteiger partial charge in [-0.15, -0.1) is 12.4 Å². The number of nitrogens with two attached hydrogens (primary N) is 1. The van der Waals surface area contributed by atoms with Crippen LogP contribution in [0.15, 0.2) is 24.5 Å². The van der Waals surface area contributed by atoms with E-state index >= 15 is 0 Å².